The van der Waals surface area contributed by atoms with Gasteiger partial charge in [0, 0.05) is 24.7 Å². The van der Waals surface area contributed by atoms with Crippen LogP contribution in [0.2, 0.25) is 5.02 Å². The normalized spacial score (nSPS) is 17.0. The number of fused-ring (bicyclic) bond motifs is 1. The first-order valence-electron chi connectivity index (χ1n) is 8.73. The predicted octanol–water partition coefficient (Wildman–Crippen LogP) is 2.53. The summed E-state index contributed by atoms with van der Waals surface area (Å²) in [4.78, 5) is 0. The molecule has 144 valence electrons. The van der Waals surface area contributed by atoms with Gasteiger partial charge in [0.15, 0.2) is 0 Å². The maximum absolute atomic E-state index is 11.6. The Morgan fingerprint density at radius 1 is 1.31 bits per heavy atom. The average molecular weight is 402 g/mol. The first-order chi connectivity index (χ1) is 12.4. The molecule has 0 aliphatic carbocycles. The molecule has 26 heavy (non-hydrogen) atoms. The minimum Gasteiger partial charge on any atom is -0.490 e. The van der Waals surface area contributed by atoms with Crippen LogP contribution < -0.4 is 4.74 Å². The molecule has 9 heteroatoms. The van der Waals surface area contributed by atoms with Crippen LogP contribution in [-0.4, -0.2) is 61.2 Å². The summed E-state index contributed by atoms with van der Waals surface area (Å²) in [5.74, 6) is 0.688. The maximum atomic E-state index is 11.6. The SMILES string of the molecule is CCOCCn1ncc2c(OC3CCN(S(C)(=O)=O)CC3)cc(Cl)cc21. The van der Waals surface area contributed by atoms with E-state index in [1.807, 2.05) is 17.7 Å². The molecule has 2 heterocycles. The van der Waals surface area contributed by atoms with E-state index >= 15 is 0 Å². The fraction of sp³-hybridized carbons (Fsp3) is 0.588. The highest BCUT2D eigenvalue weighted by Crippen LogP contribution is 2.32. The monoisotopic (exact) mass is 401 g/mol. The number of rotatable bonds is 7. The van der Waals surface area contributed by atoms with Crippen LogP contribution in [-0.2, 0) is 21.3 Å². The summed E-state index contributed by atoms with van der Waals surface area (Å²) in [7, 11) is -3.14. The number of ether oxygens (including phenoxy) is 2. The number of piperidine rings is 1. The van der Waals surface area contributed by atoms with E-state index in [0.29, 0.717) is 56.5 Å². The molecule has 2 aromatic rings. The second-order valence-electron chi connectivity index (χ2n) is 6.38. The van der Waals surface area contributed by atoms with Crippen LogP contribution in [0, 0.1) is 0 Å². The molecule has 3 rings (SSSR count). The quantitative estimate of drug-likeness (QED) is 0.666. The zero-order chi connectivity index (χ0) is 18.7. The van der Waals surface area contributed by atoms with Crippen molar-refractivity contribution < 1.29 is 17.9 Å². The maximum Gasteiger partial charge on any atom is 0.211 e. The Morgan fingerprint density at radius 3 is 2.69 bits per heavy atom. The second kappa shape index (κ2) is 8.12. The van der Waals surface area contributed by atoms with Crippen LogP contribution in [0.15, 0.2) is 18.3 Å². The molecule has 0 amide bonds. The van der Waals surface area contributed by atoms with Crippen molar-refractivity contribution in [2.45, 2.75) is 32.4 Å². The fourth-order valence-corrected chi connectivity index (χ4v) is 4.22. The standard InChI is InChI=1S/C17H24ClN3O4S/c1-3-24-9-8-21-16-10-13(18)11-17(15(16)12-19-21)25-14-4-6-20(7-5-14)26(2,22)23/h10-12,14H,3-9H2,1-2H3. The van der Waals surface area contributed by atoms with E-state index in [1.165, 1.54) is 10.6 Å². The van der Waals surface area contributed by atoms with Crippen LogP contribution in [0.4, 0.5) is 0 Å². The lowest BCUT2D eigenvalue weighted by molar-refractivity contribution is 0.136. The van der Waals surface area contributed by atoms with Crippen LogP contribution in [0.1, 0.15) is 19.8 Å². The number of halogens is 1. The molecule has 0 atom stereocenters. The summed E-state index contributed by atoms with van der Waals surface area (Å²) >= 11 is 6.27. The van der Waals surface area contributed by atoms with Crippen molar-refractivity contribution in [2.24, 2.45) is 0 Å². The van der Waals surface area contributed by atoms with Crippen molar-refractivity contribution in [3.8, 4) is 5.75 Å². The van der Waals surface area contributed by atoms with Crippen molar-refractivity contribution in [3.05, 3.63) is 23.4 Å². The van der Waals surface area contributed by atoms with Gasteiger partial charge in [0.1, 0.15) is 11.9 Å². The zero-order valence-corrected chi connectivity index (χ0v) is 16.6. The van der Waals surface area contributed by atoms with Gasteiger partial charge in [0.2, 0.25) is 10.0 Å². The highest BCUT2D eigenvalue weighted by molar-refractivity contribution is 7.88. The Labute approximate surface area is 158 Å². The lowest BCUT2D eigenvalue weighted by Gasteiger charge is -2.30. The molecule has 1 fully saturated rings. The van der Waals surface area contributed by atoms with Crippen molar-refractivity contribution in [1.82, 2.24) is 14.1 Å². The van der Waals surface area contributed by atoms with Crippen molar-refractivity contribution >= 4 is 32.5 Å². The molecule has 0 unspecified atom stereocenters. The Balaban J connectivity index is 1.74. The zero-order valence-electron chi connectivity index (χ0n) is 15.0. The highest BCUT2D eigenvalue weighted by Gasteiger charge is 2.26. The van der Waals surface area contributed by atoms with Gasteiger partial charge >= 0.3 is 0 Å². The minimum atomic E-state index is -3.14. The van der Waals surface area contributed by atoms with Crippen molar-refractivity contribution in [2.75, 3.05) is 32.6 Å². The van der Waals surface area contributed by atoms with Gasteiger partial charge in [-0.25, -0.2) is 12.7 Å². The smallest absolute Gasteiger partial charge is 0.211 e. The third-order valence-corrected chi connectivity index (χ3v) is 6.03. The third-order valence-electron chi connectivity index (χ3n) is 4.50. The van der Waals surface area contributed by atoms with E-state index in [4.69, 9.17) is 21.1 Å². The summed E-state index contributed by atoms with van der Waals surface area (Å²) in [6, 6.07) is 3.66. The molecule has 0 spiro atoms. The minimum absolute atomic E-state index is 0.0403. The topological polar surface area (TPSA) is 73.7 Å². The van der Waals surface area contributed by atoms with Crippen LogP contribution in [0.5, 0.6) is 5.75 Å². The Hall–Kier alpha value is -1.35. The summed E-state index contributed by atoms with van der Waals surface area (Å²) in [5, 5.41) is 5.90. The molecule has 0 radical (unpaired) electrons. The lowest BCUT2D eigenvalue weighted by atomic mass is 10.1. The molecule has 1 aromatic heterocycles. The van der Waals surface area contributed by atoms with Crippen LogP contribution >= 0.6 is 11.6 Å². The Kier molecular flexibility index (Phi) is 6.06. The fourth-order valence-electron chi connectivity index (χ4n) is 3.14. The molecular weight excluding hydrogens is 378 g/mol. The molecule has 1 saturated heterocycles. The Bertz CT molecular complexity index is 860. The van der Waals surface area contributed by atoms with Crippen LogP contribution in [0.25, 0.3) is 10.9 Å². The molecule has 1 aliphatic heterocycles. The van der Waals surface area contributed by atoms with E-state index in [0.717, 1.165) is 10.9 Å². The molecular formula is C17H24ClN3O4S. The summed E-state index contributed by atoms with van der Waals surface area (Å²) in [5.41, 5.74) is 0.903. The molecule has 7 nitrogen and oxygen atoms in total. The number of nitrogens with zero attached hydrogens (tertiary/aromatic N) is 3. The van der Waals surface area contributed by atoms with Gasteiger partial charge in [-0.2, -0.15) is 5.10 Å². The van der Waals surface area contributed by atoms with Gasteiger partial charge in [0.25, 0.3) is 0 Å². The Morgan fingerprint density at radius 2 is 2.04 bits per heavy atom. The first-order valence-corrected chi connectivity index (χ1v) is 11.0. The van der Waals surface area contributed by atoms with Gasteiger partial charge in [-0.05, 0) is 31.9 Å². The summed E-state index contributed by atoms with van der Waals surface area (Å²) in [6.45, 7) is 4.80. The van der Waals surface area contributed by atoms with E-state index in [1.54, 1.807) is 12.3 Å². The van der Waals surface area contributed by atoms with Gasteiger partial charge in [-0.3, -0.25) is 4.68 Å². The van der Waals surface area contributed by atoms with E-state index in [2.05, 4.69) is 5.10 Å². The van der Waals surface area contributed by atoms with Crippen LogP contribution in [0.3, 0.4) is 0 Å². The first kappa shape index (κ1) is 19.4. The lowest BCUT2D eigenvalue weighted by Crippen LogP contribution is -2.41. The van der Waals surface area contributed by atoms with Gasteiger partial charge in [-0.15, -0.1) is 0 Å². The largest absolute Gasteiger partial charge is 0.490 e. The summed E-state index contributed by atoms with van der Waals surface area (Å²) < 4.78 is 38.2. The molecule has 1 aromatic carbocycles. The summed E-state index contributed by atoms with van der Waals surface area (Å²) in [6.07, 6.45) is 4.28. The third kappa shape index (κ3) is 4.49. The number of hydrogen-bond donors (Lipinski definition) is 0. The van der Waals surface area contributed by atoms with E-state index < -0.39 is 10.0 Å². The molecule has 0 bridgehead atoms. The number of sulfonamides is 1. The molecule has 1 aliphatic rings. The van der Waals surface area contributed by atoms with Gasteiger partial charge < -0.3 is 9.47 Å². The molecule has 0 saturated carbocycles. The average Bonchev–Trinajstić information content (AvgIpc) is 2.98. The van der Waals surface area contributed by atoms with Gasteiger partial charge in [0.05, 0.1) is 36.5 Å². The number of benzene rings is 1. The predicted molar refractivity (Wildman–Crippen MR) is 101 cm³/mol. The second-order valence-corrected chi connectivity index (χ2v) is 8.80. The van der Waals surface area contributed by atoms with Crippen molar-refractivity contribution in [3.63, 3.8) is 0 Å². The number of hydrogen-bond acceptors (Lipinski definition) is 5. The van der Waals surface area contributed by atoms with E-state index in [-0.39, 0.29) is 6.10 Å². The van der Waals surface area contributed by atoms with Gasteiger partial charge in [-0.1, -0.05) is 11.6 Å². The van der Waals surface area contributed by atoms with Crippen molar-refractivity contribution in [1.29, 1.82) is 0 Å². The van der Waals surface area contributed by atoms with E-state index in [9.17, 15) is 8.42 Å². The number of aromatic nitrogens is 2. The molecule has 0 N–H and O–H groups in total. The highest BCUT2D eigenvalue weighted by atomic mass is 35.5.